The first kappa shape index (κ1) is 15.7. The predicted octanol–water partition coefficient (Wildman–Crippen LogP) is 1.38. The Hall–Kier alpha value is -2.37. The van der Waals surface area contributed by atoms with Gasteiger partial charge in [0, 0.05) is 18.8 Å². The number of ketones is 1. The highest BCUT2D eigenvalue weighted by Crippen LogP contribution is 2.09. The van der Waals surface area contributed by atoms with Gasteiger partial charge in [-0.05, 0) is 25.8 Å². The molecule has 0 bridgehead atoms. The Labute approximate surface area is 117 Å². The number of aryl methyl sites for hydroxylation is 1. The van der Waals surface area contributed by atoms with Crippen LogP contribution in [0.4, 0.5) is 0 Å². The van der Waals surface area contributed by atoms with Crippen LogP contribution in [0.2, 0.25) is 0 Å². The van der Waals surface area contributed by atoms with Gasteiger partial charge in [0.2, 0.25) is 0 Å². The van der Waals surface area contributed by atoms with Gasteiger partial charge in [0.15, 0.2) is 5.78 Å². The van der Waals surface area contributed by atoms with E-state index >= 15 is 0 Å². The first-order valence-electron chi connectivity index (χ1n) is 6.18. The fraction of sp³-hybridized carbons (Fsp3) is 0.357. The van der Waals surface area contributed by atoms with Gasteiger partial charge < -0.3 is 15.0 Å². The van der Waals surface area contributed by atoms with Crippen molar-refractivity contribution in [1.29, 1.82) is 0 Å². The molecule has 0 aliphatic rings. The summed E-state index contributed by atoms with van der Waals surface area (Å²) >= 11 is 0. The van der Waals surface area contributed by atoms with Gasteiger partial charge in [0.1, 0.15) is 11.7 Å². The monoisotopic (exact) mass is 278 g/mol. The van der Waals surface area contributed by atoms with Crippen molar-refractivity contribution in [1.82, 2.24) is 9.88 Å². The third kappa shape index (κ3) is 3.81. The minimum absolute atomic E-state index is 0.152. The molecule has 2 N–H and O–H groups in total. The van der Waals surface area contributed by atoms with Crippen LogP contribution in [-0.2, 0) is 11.8 Å². The van der Waals surface area contributed by atoms with Crippen LogP contribution in [0.15, 0.2) is 24.9 Å². The molecular formula is C14H18N2O4. The predicted molar refractivity (Wildman–Crippen MR) is 73.7 cm³/mol. The number of nitrogens with zero attached hydrogens (tertiary/aromatic N) is 1. The lowest BCUT2D eigenvalue weighted by molar-refractivity contribution is -0.139. The summed E-state index contributed by atoms with van der Waals surface area (Å²) in [4.78, 5) is 34.4. The van der Waals surface area contributed by atoms with E-state index in [0.717, 1.165) is 0 Å². The number of nitrogens with one attached hydrogen (secondary N) is 1. The molecule has 20 heavy (non-hydrogen) atoms. The number of amides is 1. The Morgan fingerprint density at radius 2 is 2.15 bits per heavy atom. The van der Waals surface area contributed by atoms with E-state index in [0.29, 0.717) is 12.0 Å². The third-order valence-corrected chi connectivity index (χ3v) is 2.91. The summed E-state index contributed by atoms with van der Waals surface area (Å²) in [5, 5.41) is 11.5. The Bertz CT molecular complexity index is 545. The van der Waals surface area contributed by atoms with Crippen LogP contribution in [0.1, 0.15) is 40.6 Å². The number of allylic oxidation sites excluding steroid dienone is 1. The number of carboxylic acid groups (broad SMARTS) is 1. The van der Waals surface area contributed by atoms with E-state index in [1.165, 1.54) is 23.8 Å². The van der Waals surface area contributed by atoms with Crippen molar-refractivity contribution in [3.05, 3.63) is 36.2 Å². The van der Waals surface area contributed by atoms with Gasteiger partial charge in [0.05, 0.1) is 0 Å². The summed E-state index contributed by atoms with van der Waals surface area (Å²) in [6, 6.07) is 0.473. The molecule has 0 spiro atoms. The molecule has 1 unspecified atom stereocenters. The highest BCUT2D eigenvalue weighted by atomic mass is 16.4. The number of hydrogen-bond acceptors (Lipinski definition) is 3. The molecule has 1 aromatic rings. The van der Waals surface area contributed by atoms with Crippen molar-refractivity contribution in [2.24, 2.45) is 7.05 Å². The van der Waals surface area contributed by atoms with Crippen molar-refractivity contribution in [2.75, 3.05) is 0 Å². The second-order valence-electron chi connectivity index (χ2n) is 4.51. The number of rotatable bonds is 7. The topological polar surface area (TPSA) is 88.4 Å². The Morgan fingerprint density at radius 3 is 2.60 bits per heavy atom. The van der Waals surface area contributed by atoms with Gasteiger partial charge >= 0.3 is 5.97 Å². The Balaban J connectivity index is 2.85. The van der Waals surface area contributed by atoms with Gasteiger partial charge in [-0.1, -0.05) is 6.08 Å². The van der Waals surface area contributed by atoms with Crippen molar-refractivity contribution in [3.8, 4) is 0 Å². The van der Waals surface area contributed by atoms with Gasteiger partial charge in [-0.2, -0.15) is 0 Å². The van der Waals surface area contributed by atoms with Crippen molar-refractivity contribution >= 4 is 17.7 Å². The smallest absolute Gasteiger partial charge is 0.326 e. The summed E-state index contributed by atoms with van der Waals surface area (Å²) in [7, 11) is 1.63. The van der Waals surface area contributed by atoms with Crippen LogP contribution in [0.5, 0.6) is 0 Å². The molecule has 0 saturated carbocycles. The largest absolute Gasteiger partial charge is 0.480 e. The summed E-state index contributed by atoms with van der Waals surface area (Å²) < 4.78 is 1.50. The van der Waals surface area contributed by atoms with Gasteiger partial charge in [-0.25, -0.2) is 4.79 Å². The Kier molecular flexibility index (Phi) is 5.25. The zero-order valence-corrected chi connectivity index (χ0v) is 11.5. The average Bonchev–Trinajstić information content (AvgIpc) is 2.76. The number of aliphatic carboxylic acids is 1. The minimum Gasteiger partial charge on any atom is -0.480 e. The summed E-state index contributed by atoms with van der Waals surface area (Å²) in [5.41, 5.74) is 0.663. The number of hydrogen-bond donors (Lipinski definition) is 2. The molecule has 1 rings (SSSR count). The van der Waals surface area contributed by atoms with Gasteiger partial charge in [-0.15, -0.1) is 6.58 Å². The van der Waals surface area contributed by atoms with Gasteiger partial charge in [0.25, 0.3) is 5.91 Å². The van der Waals surface area contributed by atoms with Crippen LogP contribution < -0.4 is 5.32 Å². The van der Waals surface area contributed by atoms with Crippen LogP contribution in [-0.4, -0.2) is 33.4 Å². The molecule has 1 atom stereocenters. The van der Waals surface area contributed by atoms with E-state index in [1.54, 1.807) is 13.1 Å². The minimum atomic E-state index is -1.10. The first-order valence-corrected chi connectivity index (χ1v) is 6.18. The molecule has 0 aromatic carbocycles. The quantitative estimate of drug-likeness (QED) is 0.582. The maximum absolute atomic E-state index is 12.0. The van der Waals surface area contributed by atoms with Crippen molar-refractivity contribution < 1.29 is 19.5 Å². The molecule has 0 saturated heterocycles. The molecule has 6 heteroatoms. The van der Waals surface area contributed by atoms with Crippen LogP contribution in [0.3, 0.4) is 0 Å². The maximum Gasteiger partial charge on any atom is 0.326 e. The first-order chi connectivity index (χ1) is 9.36. The third-order valence-electron chi connectivity index (χ3n) is 2.91. The molecule has 0 aliphatic carbocycles. The zero-order chi connectivity index (χ0) is 15.3. The number of carbonyl (C=O) groups is 3. The highest BCUT2D eigenvalue weighted by molar-refractivity contribution is 6.00. The van der Waals surface area contributed by atoms with E-state index in [2.05, 4.69) is 11.9 Å². The SMILES string of the molecule is C=CCCC(NC(=O)c1cc(C(C)=O)cn1C)C(=O)O. The van der Waals surface area contributed by atoms with Crippen LogP contribution >= 0.6 is 0 Å². The van der Waals surface area contributed by atoms with E-state index in [1.807, 2.05) is 0 Å². The molecule has 6 nitrogen and oxygen atoms in total. The second kappa shape index (κ2) is 6.70. The lowest BCUT2D eigenvalue weighted by Gasteiger charge is -2.13. The molecule has 108 valence electrons. The maximum atomic E-state index is 12.0. The number of carboxylic acids is 1. The lowest BCUT2D eigenvalue weighted by atomic mass is 10.1. The molecule has 1 aromatic heterocycles. The van der Waals surface area contributed by atoms with E-state index < -0.39 is 17.9 Å². The normalized spacial score (nSPS) is 11.7. The van der Waals surface area contributed by atoms with E-state index in [4.69, 9.17) is 5.11 Å². The summed E-state index contributed by atoms with van der Waals surface area (Å²) in [6.07, 6.45) is 3.90. The van der Waals surface area contributed by atoms with Gasteiger partial charge in [-0.3, -0.25) is 9.59 Å². The lowest BCUT2D eigenvalue weighted by Crippen LogP contribution is -2.41. The van der Waals surface area contributed by atoms with Crippen molar-refractivity contribution in [2.45, 2.75) is 25.8 Å². The fourth-order valence-corrected chi connectivity index (χ4v) is 1.76. The van der Waals surface area contributed by atoms with Crippen LogP contribution in [0, 0.1) is 0 Å². The molecular weight excluding hydrogens is 260 g/mol. The standard InChI is InChI=1S/C14H18N2O4/c1-4-5-6-11(14(19)20)15-13(18)12-7-10(9(2)17)8-16(12)3/h4,7-8,11H,1,5-6H2,2-3H3,(H,15,18)(H,19,20). The number of aromatic nitrogens is 1. The Morgan fingerprint density at radius 1 is 1.50 bits per heavy atom. The molecule has 1 heterocycles. The molecule has 1 amide bonds. The summed E-state index contributed by atoms with van der Waals surface area (Å²) in [5.74, 6) is -1.77. The molecule has 0 radical (unpaired) electrons. The molecule has 0 fully saturated rings. The number of carbonyl (C=O) groups excluding carboxylic acids is 2. The number of Topliss-reactive ketones (excluding diaryl/α,β-unsaturated/α-hetero) is 1. The summed E-state index contributed by atoms with van der Waals surface area (Å²) in [6.45, 7) is 4.92. The fourth-order valence-electron chi connectivity index (χ4n) is 1.76. The molecule has 0 aliphatic heterocycles. The average molecular weight is 278 g/mol. The second-order valence-corrected chi connectivity index (χ2v) is 4.51. The highest BCUT2D eigenvalue weighted by Gasteiger charge is 2.22. The van der Waals surface area contributed by atoms with E-state index in [9.17, 15) is 14.4 Å². The van der Waals surface area contributed by atoms with Crippen molar-refractivity contribution in [3.63, 3.8) is 0 Å². The van der Waals surface area contributed by atoms with E-state index in [-0.39, 0.29) is 17.9 Å². The zero-order valence-electron chi connectivity index (χ0n) is 11.5. The van der Waals surface area contributed by atoms with Crippen LogP contribution in [0.25, 0.3) is 0 Å².